The summed E-state index contributed by atoms with van der Waals surface area (Å²) in [4.78, 5) is 54.4. The minimum absolute atomic E-state index is 0.156. The molecule has 1 saturated heterocycles. The van der Waals surface area contributed by atoms with Gasteiger partial charge in [0.1, 0.15) is 17.8 Å². The molecule has 0 unspecified atom stereocenters. The second-order valence-corrected chi connectivity index (χ2v) is 10.4. The van der Waals surface area contributed by atoms with Crippen LogP contribution in [0.3, 0.4) is 0 Å². The Hall–Kier alpha value is -3.14. The molecule has 0 radical (unpaired) electrons. The maximum atomic E-state index is 13.2. The number of rotatable bonds is 6. The van der Waals surface area contributed by atoms with Gasteiger partial charge in [-0.15, -0.1) is 0 Å². The predicted molar refractivity (Wildman–Crippen MR) is 145 cm³/mol. The van der Waals surface area contributed by atoms with Crippen LogP contribution in [0.2, 0.25) is 0 Å². The van der Waals surface area contributed by atoms with Crippen molar-refractivity contribution in [1.29, 1.82) is 0 Å². The van der Waals surface area contributed by atoms with E-state index in [2.05, 4.69) is 26.2 Å². The number of nitrogens with one attached hydrogen (secondary N) is 4. The summed E-state index contributed by atoms with van der Waals surface area (Å²) >= 11 is 0. The van der Waals surface area contributed by atoms with Crippen LogP contribution in [0.4, 0.5) is 0 Å². The Kier molecular flexibility index (Phi) is 11.9. The summed E-state index contributed by atoms with van der Waals surface area (Å²) in [7, 11) is 0. The van der Waals surface area contributed by atoms with Crippen molar-refractivity contribution in [3.63, 3.8) is 0 Å². The number of nitrogens with zero attached hydrogens (tertiary/aromatic N) is 1. The summed E-state index contributed by atoms with van der Waals surface area (Å²) in [6, 6.07) is 4.93. The number of amides is 4. The quantitative estimate of drug-likeness (QED) is 0.415. The van der Waals surface area contributed by atoms with Crippen LogP contribution in [0.5, 0.6) is 5.75 Å². The smallest absolute Gasteiger partial charge is 0.255 e. The van der Waals surface area contributed by atoms with Crippen LogP contribution in [-0.4, -0.2) is 79.9 Å². The highest BCUT2D eigenvalue weighted by molar-refractivity contribution is 6.01. The van der Waals surface area contributed by atoms with Gasteiger partial charge in [-0.25, -0.2) is 0 Å². The molecule has 0 bridgehead atoms. The molecular formula is C28H43N5O5. The summed E-state index contributed by atoms with van der Waals surface area (Å²) in [5.41, 5.74) is 0.283. The van der Waals surface area contributed by atoms with Gasteiger partial charge in [0.05, 0.1) is 18.6 Å². The standard InChI is InChI=1S/C28H43N5O5/c1-20(2)25-28(37)30-14-10-18-38-23-12-6-5-11-21(23)26(35)31-22(19-24(34)32-25)27(36)29-13-9-17-33-15-7-3-4-8-16-33/h5-6,11-12,20,22,25H,3-4,7-10,13-19H2,1-2H3,(H,29,36)(H,30,37)(H,31,35)(H,32,34)/t22-,25+/m0/s1. The van der Waals surface area contributed by atoms with Crippen LogP contribution in [0.25, 0.3) is 0 Å². The van der Waals surface area contributed by atoms with E-state index in [4.69, 9.17) is 4.74 Å². The van der Waals surface area contributed by atoms with Gasteiger partial charge in [0.2, 0.25) is 17.7 Å². The van der Waals surface area contributed by atoms with Crippen LogP contribution < -0.4 is 26.0 Å². The second kappa shape index (κ2) is 15.3. The zero-order chi connectivity index (χ0) is 27.3. The third-order valence-corrected chi connectivity index (χ3v) is 6.94. The second-order valence-electron chi connectivity index (χ2n) is 10.4. The van der Waals surface area contributed by atoms with Crippen molar-refractivity contribution < 1.29 is 23.9 Å². The predicted octanol–water partition coefficient (Wildman–Crippen LogP) is 1.60. The Morgan fingerprint density at radius 3 is 2.53 bits per heavy atom. The molecule has 4 amide bonds. The average molecular weight is 530 g/mol. The van der Waals surface area contributed by atoms with Gasteiger partial charge in [0, 0.05) is 13.1 Å². The normalized spacial score (nSPS) is 22.4. The Labute approximate surface area is 225 Å². The summed E-state index contributed by atoms with van der Waals surface area (Å²) in [5, 5.41) is 11.2. The largest absolute Gasteiger partial charge is 0.493 e. The summed E-state index contributed by atoms with van der Waals surface area (Å²) in [5.74, 6) is -1.48. The first-order valence-electron chi connectivity index (χ1n) is 13.9. The van der Waals surface area contributed by atoms with E-state index in [9.17, 15) is 19.2 Å². The molecular weight excluding hydrogens is 486 g/mol. The molecule has 0 aliphatic carbocycles. The van der Waals surface area contributed by atoms with Crippen LogP contribution in [0.1, 0.15) is 69.2 Å². The number of likely N-dealkylation sites (tertiary alicyclic amines) is 1. The highest BCUT2D eigenvalue weighted by Crippen LogP contribution is 2.19. The molecule has 2 aliphatic heterocycles. The fourth-order valence-electron chi connectivity index (χ4n) is 4.75. The van der Waals surface area contributed by atoms with Crippen LogP contribution in [-0.2, 0) is 14.4 Å². The van der Waals surface area contributed by atoms with E-state index in [1.54, 1.807) is 24.3 Å². The number of benzene rings is 1. The monoisotopic (exact) mass is 529 g/mol. The highest BCUT2D eigenvalue weighted by atomic mass is 16.5. The number of carbonyl (C=O) groups excluding carboxylic acids is 4. The molecule has 1 aromatic carbocycles. The lowest BCUT2D eigenvalue weighted by molar-refractivity contribution is -0.131. The fraction of sp³-hybridized carbons (Fsp3) is 0.643. The van der Waals surface area contributed by atoms with Crippen LogP contribution in [0.15, 0.2) is 24.3 Å². The number of carbonyl (C=O) groups is 4. The van der Waals surface area contributed by atoms with Crippen molar-refractivity contribution in [2.24, 2.45) is 5.92 Å². The van der Waals surface area contributed by atoms with E-state index >= 15 is 0 Å². The molecule has 0 aromatic heterocycles. The number of para-hydroxylation sites is 1. The molecule has 3 rings (SSSR count). The minimum Gasteiger partial charge on any atom is -0.493 e. The van der Waals surface area contributed by atoms with E-state index in [0.29, 0.717) is 31.9 Å². The topological polar surface area (TPSA) is 129 Å². The van der Waals surface area contributed by atoms with Gasteiger partial charge in [-0.2, -0.15) is 0 Å². The Bertz CT molecular complexity index is 945. The molecule has 1 fully saturated rings. The number of hydrogen-bond acceptors (Lipinski definition) is 6. The van der Waals surface area contributed by atoms with Gasteiger partial charge in [0.25, 0.3) is 5.91 Å². The lowest BCUT2D eigenvalue weighted by Crippen LogP contribution is -2.53. The molecule has 2 heterocycles. The van der Waals surface area contributed by atoms with E-state index in [-0.39, 0.29) is 23.8 Å². The van der Waals surface area contributed by atoms with Gasteiger partial charge in [-0.3, -0.25) is 19.2 Å². The van der Waals surface area contributed by atoms with Crippen molar-refractivity contribution in [2.75, 3.05) is 39.3 Å². The Balaban J connectivity index is 1.70. The lowest BCUT2D eigenvalue weighted by Gasteiger charge is -2.24. The number of fused-ring (bicyclic) bond motifs is 1. The van der Waals surface area contributed by atoms with E-state index in [0.717, 1.165) is 26.1 Å². The molecule has 2 atom stereocenters. The van der Waals surface area contributed by atoms with Gasteiger partial charge in [-0.1, -0.05) is 38.8 Å². The van der Waals surface area contributed by atoms with Gasteiger partial charge in [0.15, 0.2) is 0 Å². The molecule has 0 saturated carbocycles. The minimum atomic E-state index is -1.10. The molecule has 0 spiro atoms. The molecule has 1 aromatic rings. The first-order valence-corrected chi connectivity index (χ1v) is 13.9. The molecule has 210 valence electrons. The maximum Gasteiger partial charge on any atom is 0.255 e. The van der Waals surface area contributed by atoms with Crippen molar-refractivity contribution in [1.82, 2.24) is 26.2 Å². The summed E-state index contributed by atoms with van der Waals surface area (Å²) in [6.07, 6.45) is 5.97. The van der Waals surface area contributed by atoms with Crippen molar-refractivity contribution >= 4 is 23.6 Å². The lowest BCUT2D eigenvalue weighted by atomic mass is 10.0. The Morgan fingerprint density at radius 1 is 1.05 bits per heavy atom. The van der Waals surface area contributed by atoms with Crippen molar-refractivity contribution in [3.05, 3.63) is 29.8 Å². The zero-order valence-electron chi connectivity index (χ0n) is 22.7. The summed E-state index contributed by atoms with van der Waals surface area (Å²) in [6.45, 7) is 7.86. The van der Waals surface area contributed by atoms with Crippen LogP contribution in [0, 0.1) is 5.92 Å². The number of ether oxygens (including phenoxy) is 1. The number of hydrogen-bond donors (Lipinski definition) is 4. The van der Waals surface area contributed by atoms with Crippen molar-refractivity contribution in [3.8, 4) is 5.75 Å². The third kappa shape index (κ3) is 9.31. The van der Waals surface area contributed by atoms with Gasteiger partial charge in [-0.05, 0) is 63.4 Å². The van der Waals surface area contributed by atoms with Gasteiger partial charge < -0.3 is 30.9 Å². The highest BCUT2D eigenvalue weighted by Gasteiger charge is 2.29. The average Bonchev–Trinajstić information content (AvgIpc) is 3.17. The summed E-state index contributed by atoms with van der Waals surface area (Å²) < 4.78 is 5.81. The van der Waals surface area contributed by atoms with Crippen LogP contribution >= 0.6 is 0 Å². The zero-order valence-corrected chi connectivity index (χ0v) is 22.7. The fourth-order valence-corrected chi connectivity index (χ4v) is 4.75. The molecule has 10 heteroatoms. The van der Waals surface area contributed by atoms with Crippen molar-refractivity contribution in [2.45, 2.75) is 70.9 Å². The molecule has 10 nitrogen and oxygen atoms in total. The van der Waals surface area contributed by atoms with Gasteiger partial charge >= 0.3 is 0 Å². The van der Waals surface area contributed by atoms with E-state index < -0.39 is 29.8 Å². The SMILES string of the molecule is CC(C)[C@H]1NC(=O)C[C@@H](C(=O)NCCCN2CCCCCC2)NC(=O)c2ccccc2OCCCNC1=O. The first kappa shape index (κ1) is 29.4. The third-order valence-electron chi connectivity index (χ3n) is 6.94. The first-order chi connectivity index (χ1) is 18.3. The Morgan fingerprint density at radius 2 is 1.79 bits per heavy atom. The molecule has 38 heavy (non-hydrogen) atoms. The van der Waals surface area contributed by atoms with E-state index in [1.807, 2.05) is 13.8 Å². The van der Waals surface area contributed by atoms with E-state index in [1.165, 1.54) is 25.7 Å². The maximum absolute atomic E-state index is 13.2. The molecule has 4 N–H and O–H groups in total. The molecule has 2 aliphatic rings.